The van der Waals surface area contributed by atoms with Crippen molar-refractivity contribution in [3.63, 3.8) is 0 Å². The maximum Gasteiger partial charge on any atom is 0.118 e. The van der Waals surface area contributed by atoms with Gasteiger partial charge in [0.15, 0.2) is 0 Å². The van der Waals surface area contributed by atoms with Crippen LogP contribution in [0.25, 0.3) is 102 Å². The molecule has 5 heteroatoms. The molecule has 0 atom stereocenters. The third-order valence-corrected chi connectivity index (χ3v) is 10.5. The lowest BCUT2D eigenvalue weighted by Crippen LogP contribution is -1.91. The van der Waals surface area contributed by atoms with Crippen LogP contribution in [0.3, 0.4) is 0 Å². The maximum absolute atomic E-state index is 5.58. The van der Waals surface area contributed by atoms with Crippen LogP contribution in [-0.4, -0.2) is 27.0 Å². The number of H-pyrrole nitrogens is 2. The molecule has 266 valence electrons. The summed E-state index contributed by atoms with van der Waals surface area (Å²) in [5, 5.41) is 0. The second kappa shape index (κ2) is 14.0. The smallest absolute Gasteiger partial charge is 0.118 e. The van der Waals surface area contributed by atoms with E-state index in [1.807, 2.05) is 18.2 Å². The number of hydrogen-bond donors (Lipinski definition) is 2. The molecule has 0 unspecified atom stereocenters. The van der Waals surface area contributed by atoms with Gasteiger partial charge in [-0.25, -0.2) is 9.97 Å². The average Bonchev–Trinajstić information content (AvgIpc) is 4.10. The van der Waals surface area contributed by atoms with Crippen LogP contribution in [0, 0.1) is 0 Å². The Kier molecular flexibility index (Phi) is 8.30. The summed E-state index contributed by atoms with van der Waals surface area (Å²) in [6, 6.07) is 57.0. The molecule has 2 aliphatic rings. The highest BCUT2D eigenvalue weighted by Gasteiger charge is 2.21. The normalized spacial score (nSPS) is 11.9. The molecule has 2 N–H and O–H groups in total. The van der Waals surface area contributed by atoms with E-state index < -0.39 is 0 Å². The molecule has 0 spiro atoms. The summed E-state index contributed by atoms with van der Waals surface area (Å²) in [5.41, 5.74) is 17.8. The molecule has 5 aromatic carbocycles. The van der Waals surface area contributed by atoms with Gasteiger partial charge in [-0.1, -0.05) is 133 Å². The molecule has 0 saturated carbocycles. The number of fused-ring (bicyclic) bond motifs is 8. The molecular formula is C51H36N4O. The minimum atomic E-state index is 0.806. The summed E-state index contributed by atoms with van der Waals surface area (Å²) in [6.07, 6.45) is 8.52. The highest BCUT2D eigenvalue weighted by molar-refractivity contribution is 6.05. The van der Waals surface area contributed by atoms with Crippen LogP contribution in [0.1, 0.15) is 22.8 Å². The zero-order chi connectivity index (χ0) is 37.4. The number of ether oxygens (including phenoxy) is 1. The number of nitrogens with one attached hydrogen (secondary N) is 2. The fourth-order valence-electron chi connectivity index (χ4n) is 7.92. The molecule has 10 rings (SSSR count). The van der Waals surface area contributed by atoms with E-state index in [1.54, 1.807) is 7.11 Å². The summed E-state index contributed by atoms with van der Waals surface area (Å²) in [7, 11) is 1.70. The van der Waals surface area contributed by atoms with Gasteiger partial charge in [-0.3, -0.25) is 0 Å². The molecule has 8 bridgehead atoms. The molecule has 56 heavy (non-hydrogen) atoms. The van der Waals surface area contributed by atoms with Gasteiger partial charge in [0, 0.05) is 44.4 Å². The minimum absolute atomic E-state index is 0.806. The van der Waals surface area contributed by atoms with Crippen LogP contribution in [0.15, 0.2) is 164 Å². The van der Waals surface area contributed by atoms with Crippen molar-refractivity contribution in [2.24, 2.45) is 0 Å². The van der Waals surface area contributed by atoms with Crippen LogP contribution in [0.5, 0.6) is 5.75 Å². The third kappa shape index (κ3) is 5.92. The monoisotopic (exact) mass is 720 g/mol. The quantitative estimate of drug-likeness (QED) is 0.180. The Hall–Kier alpha value is -7.50. The van der Waals surface area contributed by atoms with Crippen molar-refractivity contribution in [3.05, 3.63) is 187 Å². The Balaban J connectivity index is 1.44. The fourth-order valence-corrected chi connectivity index (χ4v) is 7.92. The largest absolute Gasteiger partial charge is 0.497 e. The van der Waals surface area contributed by atoms with Crippen molar-refractivity contribution >= 4 is 46.4 Å². The second-order valence-electron chi connectivity index (χ2n) is 13.9. The highest BCUT2D eigenvalue weighted by atomic mass is 16.5. The van der Waals surface area contributed by atoms with E-state index in [-0.39, 0.29) is 0 Å². The lowest BCUT2D eigenvalue weighted by Gasteiger charge is -2.08. The second-order valence-corrected chi connectivity index (χ2v) is 13.9. The number of aromatic nitrogens is 4. The fraction of sp³-hybridized carbons (Fsp3) is 0.0196. The number of benzene rings is 5. The van der Waals surface area contributed by atoms with Gasteiger partial charge in [0.1, 0.15) is 5.75 Å². The first-order valence-corrected chi connectivity index (χ1v) is 18.8. The molecule has 3 aromatic heterocycles. The number of nitrogens with zero attached hydrogens (tertiary/aromatic N) is 2. The summed E-state index contributed by atoms with van der Waals surface area (Å²) in [6.45, 7) is 0. The first-order chi connectivity index (χ1) is 27.7. The molecule has 5 heterocycles. The van der Waals surface area contributed by atoms with E-state index >= 15 is 0 Å². The Morgan fingerprint density at radius 3 is 1.32 bits per heavy atom. The van der Waals surface area contributed by atoms with Gasteiger partial charge in [-0.2, -0.15) is 0 Å². The first-order valence-electron chi connectivity index (χ1n) is 18.8. The zero-order valence-electron chi connectivity index (χ0n) is 30.7. The Labute approximate surface area is 325 Å². The number of hydrogen-bond acceptors (Lipinski definition) is 3. The molecular weight excluding hydrogens is 685 g/mol. The molecule has 0 saturated heterocycles. The van der Waals surface area contributed by atoms with Crippen LogP contribution in [-0.2, 0) is 0 Å². The SMILES string of the molecule is COc1ccc(-c2cc3[nH]c2c(-c2ccccc2)c2nc(c(-c4ccccc4)c4nc(c(-c5ccccc5)c5ccc([nH]5)c3-c3ccccc3)C=C4)C=C2)cc1. The summed E-state index contributed by atoms with van der Waals surface area (Å²) >= 11 is 0. The molecule has 0 amide bonds. The van der Waals surface area contributed by atoms with Gasteiger partial charge in [0.05, 0.1) is 35.4 Å². The van der Waals surface area contributed by atoms with Crippen LogP contribution in [0.4, 0.5) is 0 Å². The van der Waals surface area contributed by atoms with Gasteiger partial charge in [0.2, 0.25) is 0 Å². The third-order valence-electron chi connectivity index (χ3n) is 10.5. The summed E-state index contributed by atoms with van der Waals surface area (Å²) < 4.78 is 5.58. The van der Waals surface area contributed by atoms with Crippen LogP contribution >= 0.6 is 0 Å². The van der Waals surface area contributed by atoms with E-state index in [0.29, 0.717) is 0 Å². The van der Waals surface area contributed by atoms with Gasteiger partial charge in [0.25, 0.3) is 0 Å². The molecule has 0 radical (unpaired) electrons. The topological polar surface area (TPSA) is 66.6 Å². The van der Waals surface area contributed by atoms with Crippen molar-refractivity contribution in [3.8, 4) is 61.4 Å². The Morgan fingerprint density at radius 2 is 0.804 bits per heavy atom. The van der Waals surface area contributed by atoms with E-state index in [1.165, 1.54) is 0 Å². The first kappa shape index (κ1) is 33.1. The highest BCUT2D eigenvalue weighted by Crippen LogP contribution is 2.41. The van der Waals surface area contributed by atoms with E-state index in [9.17, 15) is 0 Å². The number of methoxy groups -OCH3 is 1. The molecule has 8 aromatic rings. The predicted octanol–water partition coefficient (Wildman–Crippen LogP) is 13.0. The van der Waals surface area contributed by atoms with Crippen LogP contribution in [0.2, 0.25) is 0 Å². The van der Waals surface area contributed by atoms with Gasteiger partial charge in [-0.15, -0.1) is 0 Å². The predicted molar refractivity (Wildman–Crippen MR) is 233 cm³/mol. The Bertz CT molecular complexity index is 2960. The van der Waals surface area contributed by atoms with E-state index in [2.05, 4.69) is 180 Å². The van der Waals surface area contributed by atoms with Crippen molar-refractivity contribution in [1.82, 2.24) is 19.9 Å². The number of aromatic amines is 2. The molecule has 0 fully saturated rings. The molecule has 0 aliphatic carbocycles. The summed E-state index contributed by atoms with van der Waals surface area (Å²) in [4.78, 5) is 18.7. The van der Waals surface area contributed by atoms with Crippen molar-refractivity contribution < 1.29 is 4.74 Å². The lowest BCUT2D eigenvalue weighted by atomic mass is 9.98. The average molecular weight is 721 g/mol. The van der Waals surface area contributed by atoms with E-state index in [4.69, 9.17) is 14.7 Å². The standard InChI is InChI=1S/C51H36N4O/c1-56-38-24-22-33(23-25-38)39-32-46-49(36-18-10-4-11-19-36)44-29-28-42(53-44)47(34-14-6-2-7-15-34)40-26-27-41(52-40)48(35-16-8-3-9-17-35)43-30-31-45(54-43)50(51(39)55-46)37-20-12-5-13-21-37/h2-32,53,55H,1H3. The van der Waals surface area contributed by atoms with Gasteiger partial charge >= 0.3 is 0 Å². The Morgan fingerprint density at radius 1 is 0.375 bits per heavy atom. The zero-order valence-corrected chi connectivity index (χ0v) is 30.7. The number of rotatable bonds is 6. The molecule has 2 aliphatic heterocycles. The van der Waals surface area contributed by atoms with E-state index in [0.717, 1.165) is 106 Å². The van der Waals surface area contributed by atoms with Gasteiger partial charge in [-0.05, 0) is 82.5 Å². The van der Waals surface area contributed by atoms with Crippen LogP contribution < -0.4 is 4.74 Å². The molecule has 5 nitrogen and oxygen atoms in total. The van der Waals surface area contributed by atoms with Crippen molar-refractivity contribution in [2.45, 2.75) is 0 Å². The van der Waals surface area contributed by atoms with Crippen molar-refractivity contribution in [2.75, 3.05) is 7.11 Å². The lowest BCUT2D eigenvalue weighted by molar-refractivity contribution is 0.415. The minimum Gasteiger partial charge on any atom is -0.497 e. The van der Waals surface area contributed by atoms with Crippen molar-refractivity contribution in [1.29, 1.82) is 0 Å². The van der Waals surface area contributed by atoms with Gasteiger partial charge < -0.3 is 14.7 Å². The maximum atomic E-state index is 5.58. The summed E-state index contributed by atoms with van der Waals surface area (Å²) in [5.74, 6) is 0.806.